The molecule has 0 saturated carbocycles. The Morgan fingerprint density at radius 2 is 2.10 bits per heavy atom. The van der Waals surface area contributed by atoms with Crippen molar-refractivity contribution in [2.45, 2.75) is 0 Å². The monoisotopic (exact) mass is 170 g/mol. The molecule has 0 aliphatic rings. The summed E-state index contributed by atoms with van der Waals surface area (Å²) in [5, 5.41) is 1.06. The summed E-state index contributed by atoms with van der Waals surface area (Å²) >= 11 is 4.86. The zero-order chi connectivity index (χ0) is 7.40. The minimum Gasteiger partial charge on any atom is -0.496 e. The van der Waals surface area contributed by atoms with Gasteiger partial charge in [-0.3, -0.25) is 0 Å². The van der Waals surface area contributed by atoms with E-state index in [1.165, 1.54) is 0 Å². The van der Waals surface area contributed by atoms with Crippen LogP contribution in [0.4, 0.5) is 0 Å². The van der Waals surface area contributed by atoms with E-state index in [1.807, 2.05) is 24.3 Å². The van der Waals surface area contributed by atoms with E-state index < -0.39 is 0 Å². The number of benzene rings is 1. The average Bonchev–Trinajstić information content (AvgIpc) is 2.04. The highest BCUT2D eigenvalue weighted by Gasteiger charge is 1.95. The Morgan fingerprint density at radius 3 is 2.60 bits per heavy atom. The Kier molecular flexibility index (Phi) is 2.79. The maximum absolute atomic E-state index is 5.06. The van der Waals surface area contributed by atoms with Crippen LogP contribution in [-0.2, 0) is 11.8 Å². The predicted molar refractivity (Wildman–Crippen MR) is 46.9 cm³/mol. The van der Waals surface area contributed by atoms with Gasteiger partial charge < -0.3 is 4.74 Å². The molecule has 0 aliphatic heterocycles. The lowest BCUT2D eigenvalue weighted by Crippen LogP contribution is -1.96. The van der Waals surface area contributed by atoms with Gasteiger partial charge >= 0.3 is 0 Å². The molecule has 3 heteroatoms. The minimum atomic E-state index is 0.836. The molecule has 1 aromatic rings. The highest BCUT2D eigenvalue weighted by Crippen LogP contribution is 2.10. The van der Waals surface area contributed by atoms with E-state index in [2.05, 4.69) is 0 Å². The molecule has 0 fully saturated rings. The fourth-order valence-electron chi connectivity index (χ4n) is 0.705. The highest BCUT2D eigenvalue weighted by molar-refractivity contribution is 7.99. The van der Waals surface area contributed by atoms with E-state index in [9.17, 15) is 0 Å². The Balaban J connectivity index is 3.08. The second-order valence-corrected chi connectivity index (χ2v) is 2.98. The van der Waals surface area contributed by atoms with Crippen molar-refractivity contribution in [3.8, 4) is 5.75 Å². The third-order valence-corrected chi connectivity index (χ3v) is 2.34. The van der Waals surface area contributed by atoms with Crippen molar-refractivity contribution in [3.63, 3.8) is 0 Å². The fraction of sp³-hybridized carbons (Fsp3) is 0.143. The van der Waals surface area contributed by atoms with Crippen LogP contribution < -0.4 is 10.0 Å². The molecule has 0 atom stereocenters. The molecule has 0 amide bonds. The van der Waals surface area contributed by atoms with Crippen molar-refractivity contribution in [3.05, 3.63) is 24.3 Å². The van der Waals surface area contributed by atoms with Gasteiger partial charge in [0.1, 0.15) is 5.75 Å². The van der Waals surface area contributed by atoms with Crippen LogP contribution in [0.15, 0.2) is 24.3 Å². The van der Waals surface area contributed by atoms with Gasteiger partial charge in [-0.2, -0.15) is 0 Å². The summed E-state index contributed by atoms with van der Waals surface area (Å²) in [7, 11) is 2.49. The average molecular weight is 170 g/mol. The molecule has 52 valence electrons. The Morgan fingerprint density at radius 1 is 1.40 bits per heavy atom. The second kappa shape index (κ2) is 3.65. The first-order chi connectivity index (χ1) is 4.88. The Bertz CT molecular complexity index is 237. The van der Waals surface area contributed by atoms with Crippen molar-refractivity contribution in [1.82, 2.24) is 0 Å². The van der Waals surface area contributed by atoms with Crippen LogP contribution in [0.5, 0.6) is 5.75 Å². The number of hydrogen-bond donors (Lipinski definition) is 0. The summed E-state index contributed by atoms with van der Waals surface area (Å²) in [6.45, 7) is 0. The van der Waals surface area contributed by atoms with Gasteiger partial charge in [-0.05, 0) is 12.1 Å². The molecule has 0 bridgehead atoms. The Labute approximate surface area is 66.9 Å². The Hall–Kier alpha value is -0.460. The van der Waals surface area contributed by atoms with E-state index in [0.717, 1.165) is 18.4 Å². The first kappa shape index (κ1) is 7.64. The smallest absolute Gasteiger partial charge is 0.131 e. The molecule has 0 aliphatic carbocycles. The molecule has 1 nitrogen and oxygen atoms in total. The molecule has 0 N–H and O–H groups in total. The fourth-order valence-corrected chi connectivity index (χ4v) is 1.56. The van der Waals surface area contributed by atoms with Gasteiger partial charge in [0.05, 0.1) is 12.4 Å². The number of methoxy groups -OCH3 is 1. The molecule has 0 radical (unpaired) electrons. The normalized spacial score (nSPS) is 9.70. The van der Waals surface area contributed by atoms with Crippen LogP contribution in [-0.4, -0.2) is 7.11 Å². The molecule has 0 spiro atoms. The van der Waals surface area contributed by atoms with Crippen LogP contribution in [0.3, 0.4) is 0 Å². The molecule has 1 aromatic carbocycles. The highest BCUT2D eigenvalue weighted by atomic mass is 32.4. The summed E-state index contributed by atoms with van der Waals surface area (Å²) in [6.07, 6.45) is 0. The first-order valence-electron chi connectivity index (χ1n) is 2.85. The molecule has 10 heavy (non-hydrogen) atoms. The van der Waals surface area contributed by atoms with E-state index in [1.54, 1.807) is 7.11 Å². The summed E-state index contributed by atoms with van der Waals surface area (Å²) in [4.78, 5) is 0. The zero-order valence-electron chi connectivity index (χ0n) is 5.57. The van der Waals surface area contributed by atoms with Crippen LogP contribution in [0.1, 0.15) is 0 Å². The van der Waals surface area contributed by atoms with Crippen LogP contribution in [0, 0.1) is 0 Å². The van der Waals surface area contributed by atoms with Crippen molar-refractivity contribution in [2.75, 3.05) is 7.11 Å². The number of hydrogen-bond acceptors (Lipinski definition) is 2. The van der Waals surface area contributed by atoms with Crippen molar-refractivity contribution < 1.29 is 4.74 Å². The van der Waals surface area contributed by atoms with Gasteiger partial charge in [-0.25, -0.2) is 0 Å². The summed E-state index contributed by atoms with van der Waals surface area (Å²) in [5.41, 5.74) is 0. The van der Waals surface area contributed by atoms with Crippen molar-refractivity contribution >= 4 is 24.5 Å². The lowest BCUT2D eigenvalue weighted by atomic mass is 10.3. The summed E-state index contributed by atoms with van der Waals surface area (Å²) in [6, 6.07) is 7.77. The summed E-state index contributed by atoms with van der Waals surface area (Å²) < 4.78 is 5.06. The molecule has 0 aromatic heterocycles. The first-order valence-corrected chi connectivity index (χ1v) is 4.75. The molecular weight excluding hydrogens is 163 g/mol. The van der Waals surface area contributed by atoms with E-state index >= 15 is 0 Å². The standard InChI is InChI=1S/C7H7OPS/c1-8-6-4-2-3-5-7(6)9-10/h2-5H,1H3. The SMILES string of the molecule is COc1ccccc1P=S. The molecule has 0 saturated heterocycles. The third-order valence-electron chi connectivity index (χ3n) is 1.18. The van der Waals surface area contributed by atoms with Crippen LogP contribution >= 0.6 is 7.36 Å². The third kappa shape index (κ3) is 1.53. The van der Waals surface area contributed by atoms with Gasteiger partial charge in [0.2, 0.25) is 0 Å². The van der Waals surface area contributed by atoms with E-state index in [4.69, 9.17) is 16.5 Å². The van der Waals surface area contributed by atoms with Crippen molar-refractivity contribution in [1.29, 1.82) is 0 Å². The van der Waals surface area contributed by atoms with Crippen LogP contribution in [0.2, 0.25) is 0 Å². The quantitative estimate of drug-likeness (QED) is 0.625. The lowest BCUT2D eigenvalue weighted by molar-refractivity contribution is 0.418. The molecular formula is C7H7OPS. The van der Waals surface area contributed by atoms with Gasteiger partial charge in [-0.1, -0.05) is 23.9 Å². The molecule has 0 heterocycles. The minimum absolute atomic E-state index is 0.836. The van der Waals surface area contributed by atoms with Gasteiger partial charge in [0.25, 0.3) is 0 Å². The van der Waals surface area contributed by atoms with E-state index in [0.29, 0.717) is 0 Å². The van der Waals surface area contributed by atoms with E-state index in [-0.39, 0.29) is 0 Å². The van der Waals surface area contributed by atoms with Gasteiger partial charge in [-0.15, -0.1) is 0 Å². The maximum atomic E-state index is 5.06. The summed E-state index contributed by atoms with van der Waals surface area (Å²) in [5.74, 6) is 0.874. The topological polar surface area (TPSA) is 9.23 Å². The predicted octanol–water partition coefficient (Wildman–Crippen LogP) is 1.73. The number of ether oxygens (including phenoxy) is 1. The van der Waals surface area contributed by atoms with Gasteiger partial charge in [0, 0.05) is 7.36 Å². The number of rotatable bonds is 2. The molecule has 0 unspecified atom stereocenters. The number of para-hydroxylation sites is 1. The largest absolute Gasteiger partial charge is 0.496 e. The lowest BCUT2D eigenvalue weighted by Gasteiger charge is -2.00. The van der Waals surface area contributed by atoms with Gasteiger partial charge in [0.15, 0.2) is 0 Å². The van der Waals surface area contributed by atoms with Crippen LogP contribution in [0.25, 0.3) is 0 Å². The van der Waals surface area contributed by atoms with Crippen molar-refractivity contribution in [2.24, 2.45) is 0 Å². The maximum Gasteiger partial charge on any atom is 0.131 e. The zero-order valence-corrected chi connectivity index (χ0v) is 7.28. The molecule has 1 rings (SSSR count). The second-order valence-electron chi connectivity index (χ2n) is 1.76.